The van der Waals surface area contributed by atoms with Gasteiger partial charge in [-0.05, 0) is 17.7 Å². The molecule has 0 atom stereocenters. The van der Waals surface area contributed by atoms with Crippen LogP contribution in [-0.4, -0.2) is 5.97 Å². The molecule has 6 heteroatoms. The van der Waals surface area contributed by atoms with Gasteiger partial charge in [0.1, 0.15) is 0 Å². The molecule has 0 bridgehead atoms. The van der Waals surface area contributed by atoms with Crippen molar-refractivity contribution in [3.05, 3.63) is 41.9 Å². The van der Waals surface area contributed by atoms with Gasteiger partial charge < -0.3 is 20.5 Å². The molecule has 0 fully saturated rings. The third-order valence-corrected chi connectivity index (χ3v) is 1.90. The first-order valence-corrected chi connectivity index (χ1v) is 4.17. The molecule has 0 aromatic heterocycles. The Morgan fingerprint density at radius 2 is 2.07 bits per heavy atom. The van der Waals surface area contributed by atoms with E-state index in [1.165, 1.54) is 23.3 Å². The van der Waals surface area contributed by atoms with Crippen LogP contribution in [0.15, 0.2) is 36.3 Å². The molecule has 2 rings (SSSR count). The van der Waals surface area contributed by atoms with E-state index in [2.05, 4.69) is 5.59 Å². The highest BCUT2D eigenvalue weighted by Gasteiger charge is 2.11. The molecule has 15 heavy (non-hydrogen) atoms. The Morgan fingerprint density at radius 1 is 1.40 bits per heavy atom. The second-order valence-corrected chi connectivity index (χ2v) is 2.93. The lowest BCUT2D eigenvalue weighted by atomic mass is 10.2. The third-order valence-electron chi connectivity index (χ3n) is 1.90. The van der Waals surface area contributed by atoms with Crippen LogP contribution >= 0.6 is 0 Å². The van der Waals surface area contributed by atoms with E-state index in [4.69, 9.17) is 10.6 Å². The molecule has 1 aromatic rings. The molecule has 0 aliphatic carbocycles. The van der Waals surface area contributed by atoms with Gasteiger partial charge in [0.15, 0.2) is 0 Å². The van der Waals surface area contributed by atoms with Gasteiger partial charge in [-0.15, -0.1) is 0 Å². The van der Waals surface area contributed by atoms with E-state index >= 15 is 0 Å². The smallest absolute Gasteiger partial charge is 0.229 e. The first-order valence-electron chi connectivity index (χ1n) is 4.17. The number of hydrazine groups is 1. The van der Waals surface area contributed by atoms with Gasteiger partial charge in [0.2, 0.25) is 5.88 Å². The fourth-order valence-electron chi connectivity index (χ4n) is 1.17. The second kappa shape index (κ2) is 3.50. The molecule has 0 unspecified atom stereocenters. The largest absolute Gasteiger partial charge is 0.545 e. The van der Waals surface area contributed by atoms with Crippen LogP contribution in [0, 0.1) is 0 Å². The first-order chi connectivity index (χ1) is 7.16. The second-order valence-electron chi connectivity index (χ2n) is 2.93. The highest BCUT2D eigenvalue weighted by atomic mass is 16.7. The molecule has 1 aromatic carbocycles. The number of nitrogens with two attached hydrogens (primary N) is 1. The summed E-state index contributed by atoms with van der Waals surface area (Å²) in [6.45, 7) is 0. The number of hydrogen-bond acceptors (Lipinski definition) is 6. The van der Waals surface area contributed by atoms with Crippen molar-refractivity contribution < 1.29 is 14.7 Å². The molecule has 0 amide bonds. The number of anilines is 1. The number of nitrogens with one attached hydrogen (secondary N) is 1. The van der Waals surface area contributed by atoms with E-state index < -0.39 is 5.97 Å². The lowest BCUT2D eigenvalue weighted by molar-refractivity contribution is -0.255. The van der Waals surface area contributed by atoms with Gasteiger partial charge in [0, 0.05) is 0 Å². The number of benzene rings is 1. The minimum Gasteiger partial charge on any atom is -0.545 e. The lowest BCUT2D eigenvalue weighted by Crippen LogP contribution is -2.27. The summed E-state index contributed by atoms with van der Waals surface area (Å²) >= 11 is 0. The molecule has 0 saturated heterocycles. The van der Waals surface area contributed by atoms with E-state index in [-0.39, 0.29) is 11.4 Å². The summed E-state index contributed by atoms with van der Waals surface area (Å²) in [4.78, 5) is 15.3. The van der Waals surface area contributed by atoms with Crippen LogP contribution in [0.3, 0.4) is 0 Å². The number of rotatable bonds is 2. The highest BCUT2D eigenvalue weighted by molar-refractivity contribution is 5.86. The van der Waals surface area contributed by atoms with Crippen LogP contribution in [0.1, 0.15) is 10.4 Å². The zero-order valence-corrected chi connectivity index (χ0v) is 7.64. The summed E-state index contributed by atoms with van der Waals surface area (Å²) in [6.07, 6.45) is 1.54. The van der Waals surface area contributed by atoms with Crippen molar-refractivity contribution in [1.29, 1.82) is 0 Å². The lowest BCUT2D eigenvalue weighted by Gasteiger charge is -2.13. The highest BCUT2D eigenvalue weighted by Crippen LogP contribution is 2.16. The maximum Gasteiger partial charge on any atom is 0.229 e. The zero-order chi connectivity index (χ0) is 10.8. The summed E-state index contributed by atoms with van der Waals surface area (Å²) in [7, 11) is 0. The van der Waals surface area contributed by atoms with Crippen molar-refractivity contribution in [3.63, 3.8) is 0 Å². The molecule has 78 valence electrons. The van der Waals surface area contributed by atoms with Gasteiger partial charge in [-0.25, -0.2) is 5.01 Å². The van der Waals surface area contributed by atoms with E-state index in [1.54, 1.807) is 12.1 Å². The molecule has 0 radical (unpaired) electrons. The molecular weight excluding hydrogens is 198 g/mol. The topological polar surface area (TPSA) is 90.7 Å². The zero-order valence-electron chi connectivity index (χ0n) is 7.64. The number of aromatic carboxylic acids is 1. The number of carbonyl (C=O) groups is 1. The van der Waals surface area contributed by atoms with Crippen LogP contribution in [0.4, 0.5) is 5.69 Å². The maximum atomic E-state index is 10.5. The maximum absolute atomic E-state index is 10.5. The number of carbonyl (C=O) groups excluding carboxylic acids is 1. The van der Waals surface area contributed by atoms with Crippen molar-refractivity contribution in [3.8, 4) is 0 Å². The summed E-state index contributed by atoms with van der Waals surface area (Å²) in [5.74, 6) is -0.971. The van der Waals surface area contributed by atoms with Gasteiger partial charge >= 0.3 is 0 Å². The van der Waals surface area contributed by atoms with Gasteiger partial charge in [-0.2, -0.15) is 0 Å². The van der Waals surface area contributed by atoms with Crippen LogP contribution in [-0.2, 0) is 4.84 Å². The van der Waals surface area contributed by atoms with E-state index in [1.807, 2.05) is 0 Å². The number of carboxylic acids is 1. The number of carboxylic acid groups (broad SMARTS) is 1. The predicted molar refractivity (Wildman–Crippen MR) is 49.7 cm³/mol. The number of nitrogens with zero attached hydrogens (tertiary/aromatic N) is 1. The van der Waals surface area contributed by atoms with Crippen LogP contribution in [0.2, 0.25) is 0 Å². The Hall–Kier alpha value is -2.21. The summed E-state index contributed by atoms with van der Waals surface area (Å²) in [5, 5.41) is 12.0. The quantitative estimate of drug-likeness (QED) is 0.649. The van der Waals surface area contributed by atoms with Crippen molar-refractivity contribution in [2.45, 2.75) is 0 Å². The Labute approximate surface area is 85.5 Å². The molecule has 3 N–H and O–H groups in total. The third kappa shape index (κ3) is 1.84. The summed E-state index contributed by atoms with van der Waals surface area (Å²) in [6, 6.07) is 6.09. The Balaban J connectivity index is 2.21. The molecule has 0 saturated carbocycles. The van der Waals surface area contributed by atoms with Crippen molar-refractivity contribution in [2.24, 2.45) is 5.73 Å². The minimum atomic E-state index is -1.21. The molecular formula is C9H8N3O3-. The fourth-order valence-corrected chi connectivity index (χ4v) is 1.17. The van der Waals surface area contributed by atoms with Gasteiger partial charge in [0.05, 0.1) is 17.9 Å². The molecule has 1 aliphatic rings. The molecule has 1 heterocycles. The predicted octanol–water partition coefficient (Wildman–Crippen LogP) is -0.936. The molecule has 6 nitrogen and oxygen atoms in total. The minimum absolute atomic E-state index is 0.121. The van der Waals surface area contributed by atoms with Crippen LogP contribution in [0.25, 0.3) is 0 Å². The van der Waals surface area contributed by atoms with E-state index in [9.17, 15) is 9.90 Å². The fraction of sp³-hybridized carbons (Fsp3) is 0. The first kappa shape index (κ1) is 9.35. The average Bonchev–Trinajstić information content (AvgIpc) is 2.65. The van der Waals surface area contributed by atoms with Crippen molar-refractivity contribution in [1.82, 2.24) is 5.59 Å². The van der Waals surface area contributed by atoms with Crippen LogP contribution < -0.4 is 21.4 Å². The molecule has 0 spiro atoms. The van der Waals surface area contributed by atoms with E-state index in [0.717, 1.165) is 0 Å². The van der Waals surface area contributed by atoms with Crippen molar-refractivity contribution in [2.75, 3.05) is 5.01 Å². The summed E-state index contributed by atoms with van der Waals surface area (Å²) < 4.78 is 0. The summed E-state index contributed by atoms with van der Waals surface area (Å²) in [5.41, 5.74) is 8.73. The van der Waals surface area contributed by atoms with Gasteiger partial charge in [-0.3, -0.25) is 0 Å². The van der Waals surface area contributed by atoms with Crippen LogP contribution in [0.5, 0.6) is 0 Å². The Bertz CT molecular complexity index is 413. The molecule has 1 aliphatic heterocycles. The Morgan fingerprint density at radius 3 is 2.53 bits per heavy atom. The van der Waals surface area contributed by atoms with Gasteiger partial charge in [-0.1, -0.05) is 17.7 Å². The Kier molecular flexibility index (Phi) is 2.18. The monoisotopic (exact) mass is 206 g/mol. The number of hydrogen-bond donors (Lipinski definition) is 2. The average molecular weight is 206 g/mol. The van der Waals surface area contributed by atoms with Crippen molar-refractivity contribution >= 4 is 11.7 Å². The standard InChI is InChI=1S/C9H9N3O3/c10-8-5-12(11-15-8)7-3-1-6(2-4-7)9(13)14/h1-5,11H,10H2,(H,13,14)/p-1. The van der Waals surface area contributed by atoms with Gasteiger partial charge in [0.25, 0.3) is 0 Å². The van der Waals surface area contributed by atoms with E-state index in [0.29, 0.717) is 5.69 Å². The SMILES string of the molecule is NC1=CN(c2ccc(C(=O)[O-])cc2)NO1. The normalized spacial score (nSPS) is 14.7.